The number of non-ortho nitro benzene ring substituents is 1. The van der Waals surface area contributed by atoms with Crippen molar-refractivity contribution >= 4 is 35.3 Å². The Hall–Kier alpha value is -2.87. The maximum atomic E-state index is 11.9. The minimum absolute atomic E-state index is 0.0258. The number of hydrazone groups is 1. The van der Waals surface area contributed by atoms with Gasteiger partial charge in [0, 0.05) is 43.2 Å². The fraction of sp³-hybridized carbons (Fsp3) is 0.263. The van der Waals surface area contributed by atoms with E-state index < -0.39 is 4.92 Å². The largest absolute Gasteiger partial charge is 0.377 e. The first kappa shape index (κ1) is 20.4. The van der Waals surface area contributed by atoms with Crippen molar-refractivity contribution in [1.29, 1.82) is 0 Å². The van der Waals surface area contributed by atoms with Crippen molar-refractivity contribution in [3.05, 3.63) is 69.3 Å². The van der Waals surface area contributed by atoms with Gasteiger partial charge in [-0.25, -0.2) is 5.43 Å². The molecule has 1 N–H and O–H groups in total. The molecule has 0 heterocycles. The number of hydrogen-bond donors (Lipinski definition) is 1. The van der Waals surface area contributed by atoms with Gasteiger partial charge in [0.2, 0.25) is 5.91 Å². The molecular formula is C19H22N4O3S. The summed E-state index contributed by atoms with van der Waals surface area (Å²) in [5, 5.41) is 14.9. The van der Waals surface area contributed by atoms with Crippen LogP contribution in [0.2, 0.25) is 0 Å². The highest BCUT2D eigenvalue weighted by Crippen LogP contribution is 2.22. The van der Waals surface area contributed by atoms with Crippen molar-refractivity contribution in [2.75, 3.05) is 24.7 Å². The lowest BCUT2D eigenvalue weighted by Crippen LogP contribution is -2.20. The second-order valence-electron chi connectivity index (χ2n) is 6.11. The quantitative estimate of drug-likeness (QED) is 0.427. The second kappa shape index (κ2) is 9.72. The summed E-state index contributed by atoms with van der Waals surface area (Å²) in [5.74, 6) is 0.808. The third-order valence-electron chi connectivity index (χ3n) is 3.85. The number of carbonyl (C=O) groups is 1. The normalized spacial score (nSPS) is 10.8. The highest BCUT2D eigenvalue weighted by atomic mass is 32.2. The van der Waals surface area contributed by atoms with Crippen LogP contribution >= 0.6 is 11.8 Å². The van der Waals surface area contributed by atoms with Crippen LogP contribution in [-0.4, -0.2) is 36.9 Å². The number of rotatable bonds is 8. The molecule has 0 unspecified atom stereocenters. The van der Waals surface area contributed by atoms with E-state index in [1.54, 1.807) is 6.07 Å². The average Bonchev–Trinajstić information content (AvgIpc) is 2.63. The van der Waals surface area contributed by atoms with E-state index in [4.69, 9.17) is 0 Å². The summed E-state index contributed by atoms with van der Waals surface area (Å²) in [7, 11) is 3.67. The molecule has 0 saturated carbocycles. The van der Waals surface area contributed by atoms with Gasteiger partial charge in [-0.15, -0.1) is 11.8 Å². The number of thioether (sulfide) groups is 1. The lowest BCUT2D eigenvalue weighted by Gasteiger charge is -2.14. The Morgan fingerprint density at radius 3 is 2.70 bits per heavy atom. The number of anilines is 1. The van der Waals surface area contributed by atoms with Crippen molar-refractivity contribution in [3.63, 3.8) is 0 Å². The molecule has 8 heteroatoms. The highest BCUT2D eigenvalue weighted by Gasteiger charge is 2.11. The molecule has 0 radical (unpaired) electrons. The average molecular weight is 386 g/mol. The second-order valence-corrected chi connectivity index (χ2v) is 7.09. The fourth-order valence-corrected chi connectivity index (χ4v) is 3.29. The molecular weight excluding hydrogens is 364 g/mol. The Morgan fingerprint density at radius 2 is 2.04 bits per heavy atom. The first-order chi connectivity index (χ1) is 12.9. The van der Waals surface area contributed by atoms with Gasteiger partial charge in [-0.2, -0.15) is 5.10 Å². The lowest BCUT2D eigenvalue weighted by molar-refractivity contribution is -0.384. The van der Waals surface area contributed by atoms with Gasteiger partial charge in [0.25, 0.3) is 5.69 Å². The van der Waals surface area contributed by atoms with Gasteiger partial charge in [0.1, 0.15) is 0 Å². The first-order valence-electron chi connectivity index (χ1n) is 8.28. The van der Waals surface area contributed by atoms with Crippen molar-refractivity contribution in [1.82, 2.24) is 5.43 Å². The van der Waals surface area contributed by atoms with E-state index in [-0.39, 0.29) is 17.3 Å². The van der Waals surface area contributed by atoms with Crippen molar-refractivity contribution in [3.8, 4) is 0 Å². The Bertz CT molecular complexity index is 853. The zero-order valence-corrected chi connectivity index (χ0v) is 16.3. The van der Waals surface area contributed by atoms with Gasteiger partial charge >= 0.3 is 0 Å². The van der Waals surface area contributed by atoms with Gasteiger partial charge < -0.3 is 4.90 Å². The summed E-state index contributed by atoms with van der Waals surface area (Å²) < 4.78 is 0. The number of nitro benzene ring substituents is 1. The third-order valence-corrected chi connectivity index (χ3v) is 4.83. The smallest absolute Gasteiger partial charge is 0.270 e. The zero-order valence-electron chi connectivity index (χ0n) is 15.5. The Labute approximate surface area is 162 Å². The summed E-state index contributed by atoms with van der Waals surface area (Å²) in [4.78, 5) is 24.3. The minimum atomic E-state index is -0.461. The van der Waals surface area contributed by atoms with Crippen LogP contribution in [0.4, 0.5) is 11.4 Å². The van der Waals surface area contributed by atoms with Crippen LogP contribution in [0.1, 0.15) is 16.7 Å². The maximum absolute atomic E-state index is 11.9. The molecule has 1 amide bonds. The monoisotopic (exact) mass is 386 g/mol. The Balaban J connectivity index is 1.92. The number of nitrogens with zero attached hydrogens (tertiary/aromatic N) is 3. The van der Waals surface area contributed by atoms with Crippen LogP contribution in [0.3, 0.4) is 0 Å². The van der Waals surface area contributed by atoms with Crippen molar-refractivity contribution in [2.24, 2.45) is 5.10 Å². The SMILES string of the molecule is Cc1ccccc1CSCC(=O)N/N=C\c1cc([N+](=O)[O-])ccc1N(C)C. The van der Waals surface area contributed by atoms with Crippen LogP contribution in [0.25, 0.3) is 0 Å². The molecule has 7 nitrogen and oxygen atoms in total. The van der Waals surface area contributed by atoms with Crippen LogP contribution in [0, 0.1) is 17.0 Å². The van der Waals surface area contributed by atoms with Gasteiger partial charge in [-0.3, -0.25) is 14.9 Å². The molecule has 0 aliphatic rings. The highest BCUT2D eigenvalue weighted by molar-refractivity contribution is 7.99. The van der Waals surface area contributed by atoms with Gasteiger partial charge in [-0.05, 0) is 24.1 Å². The van der Waals surface area contributed by atoms with Crippen molar-refractivity contribution in [2.45, 2.75) is 12.7 Å². The molecule has 0 aliphatic heterocycles. The summed E-state index contributed by atoms with van der Waals surface area (Å²) in [5.41, 5.74) is 6.17. The number of aryl methyl sites for hydroxylation is 1. The standard InChI is InChI=1S/C19H22N4O3S/c1-14-6-4-5-7-15(14)12-27-13-19(24)21-20-11-16-10-17(23(25)26)8-9-18(16)22(2)3/h4-11H,12-13H2,1-3H3,(H,21,24)/b20-11-. The Morgan fingerprint density at radius 1 is 1.30 bits per heavy atom. The van der Waals surface area contributed by atoms with Crippen LogP contribution < -0.4 is 10.3 Å². The van der Waals surface area contributed by atoms with E-state index >= 15 is 0 Å². The molecule has 27 heavy (non-hydrogen) atoms. The topological polar surface area (TPSA) is 87.8 Å². The lowest BCUT2D eigenvalue weighted by atomic mass is 10.1. The number of nitro groups is 1. The molecule has 0 aliphatic carbocycles. The predicted molar refractivity (Wildman–Crippen MR) is 111 cm³/mol. The van der Waals surface area contributed by atoms with Crippen molar-refractivity contribution < 1.29 is 9.72 Å². The van der Waals surface area contributed by atoms with Crippen LogP contribution in [0.5, 0.6) is 0 Å². The number of hydrogen-bond acceptors (Lipinski definition) is 6. The number of nitrogens with one attached hydrogen (secondary N) is 1. The summed E-state index contributed by atoms with van der Waals surface area (Å²) >= 11 is 1.51. The van der Waals surface area contributed by atoms with E-state index in [9.17, 15) is 14.9 Å². The summed E-state index contributed by atoms with van der Waals surface area (Å²) in [6.07, 6.45) is 1.42. The van der Waals surface area contributed by atoms with E-state index in [1.807, 2.05) is 50.2 Å². The molecule has 2 rings (SSSR count). The maximum Gasteiger partial charge on any atom is 0.270 e. The molecule has 0 atom stereocenters. The summed E-state index contributed by atoms with van der Waals surface area (Å²) in [6.45, 7) is 2.04. The molecule has 0 spiro atoms. The molecule has 0 saturated heterocycles. The number of benzene rings is 2. The minimum Gasteiger partial charge on any atom is -0.377 e. The molecule has 0 fully saturated rings. The number of amides is 1. The number of carbonyl (C=O) groups excluding carboxylic acids is 1. The predicted octanol–water partition coefficient (Wildman–Crippen LogP) is 3.35. The van der Waals surface area contributed by atoms with Gasteiger partial charge in [0.15, 0.2) is 0 Å². The van der Waals surface area contributed by atoms with E-state index in [0.717, 1.165) is 11.4 Å². The molecule has 2 aromatic carbocycles. The summed E-state index contributed by atoms with van der Waals surface area (Å²) in [6, 6.07) is 12.6. The van der Waals surface area contributed by atoms with E-state index in [1.165, 1.54) is 41.2 Å². The molecule has 0 bridgehead atoms. The van der Waals surface area contributed by atoms with Crippen LogP contribution in [0.15, 0.2) is 47.6 Å². The molecule has 142 valence electrons. The zero-order chi connectivity index (χ0) is 19.8. The fourth-order valence-electron chi connectivity index (χ4n) is 2.40. The molecule has 0 aromatic heterocycles. The van der Waals surface area contributed by atoms with E-state index in [0.29, 0.717) is 5.56 Å². The third kappa shape index (κ3) is 6.10. The first-order valence-corrected chi connectivity index (χ1v) is 9.44. The Kier molecular flexibility index (Phi) is 7.36. The van der Waals surface area contributed by atoms with Gasteiger partial charge in [0.05, 0.1) is 16.9 Å². The van der Waals surface area contributed by atoms with E-state index in [2.05, 4.69) is 10.5 Å². The van der Waals surface area contributed by atoms with Crippen LogP contribution in [-0.2, 0) is 10.5 Å². The van der Waals surface area contributed by atoms with Gasteiger partial charge in [-0.1, -0.05) is 24.3 Å². The molecule has 2 aromatic rings.